The van der Waals surface area contributed by atoms with Gasteiger partial charge in [-0.3, -0.25) is 4.90 Å². The van der Waals surface area contributed by atoms with Crippen molar-refractivity contribution < 1.29 is 9.47 Å². The van der Waals surface area contributed by atoms with Crippen LogP contribution in [0.3, 0.4) is 0 Å². The Morgan fingerprint density at radius 1 is 0.963 bits per heavy atom. The lowest BCUT2D eigenvalue weighted by Gasteiger charge is -2.39. The lowest BCUT2D eigenvalue weighted by atomic mass is 10.0. The van der Waals surface area contributed by atoms with Crippen LogP contribution in [0.1, 0.15) is 25.8 Å². The van der Waals surface area contributed by atoms with Crippen molar-refractivity contribution in [3.8, 4) is 11.5 Å². The van der Waals surface area contributed by atoms with Gasteiger partial charge in [0.25, 0.3) is 0 Å². The lowest BCUT2D eigenvalue weighted by Crippen LogP contribution is -2.49. The minimum atomic E-state index is 0.594. The molecular weight excluding hydrogens is 336 g/mol. The van der Waals surface area contributed by atoms with Gasteiger partial charge in [-0.05, 0) is 56.5 Å². The number of ether oxygens (including phenoxy) is 2. The molecule has 1 aliphatic heterocycles. The standard InChI is InChI=1S/C23H32N2O2/c1-4-27-23-8-6-5-7-22(23)25-17-15-24(16-18-25)19(2)9-10-20-11-13-21(26-3)14-12-20/h5-8,11-14,19H,4,9-10,15-18H2,1-3H3/t19-/m1/s1. The summed E-state index contributed by atoms with van der Waals surface area (Å²) in [5.74, 6) is 1.93. The fourth-order valence-electron chi connectivity index (χ4n) is 3.75. The highest BCUT2D eigenvalue weighted by Gasteiger charge is 2.22. The van der Waals surface area contributed by atoms with Crippen LogP contribution in [-0.2, 0) is 6.42 Å². The predicted octanol–water partition coefficient (Wildman–Crippen LogP) is 4.24. The SMILES string of the molecule is CCOc1ccccc1N1CCN([C@H](C)CCc2ccc(OC)cc2)CC1. The summed E-state index contributed by atoms with van der Waals surface area (Å²) < 4.78 is 11.0. The molecule has 0 saturated carbocycles. The van der Waals surface area contributed by atoms with Gasteiger partial charge >= 0.3 is 0 Å². The van der Waals surface area contributed by atoms with Gasteiger partial charge in [-0.2, -0.15) is 0 Å². The van der Waals surface area contributed by atoms with E-state index in [-0.39, 0.29) is 0 Å². The lowest BCUT2D eigenvalue weighted by molar-refractivity contribution is 0.188. The third-order valence-corrected chi connectivity index (χ3v) is 5.45. The topological polar surface area (TPSA) is 24.9 Å². The second-order valence-corrected chi connectivity index (χ2v) is 7.16. The molecular formula is C23H32N2O2. The van der Waals surface area contributed by atoms with Crippen LogP contribution in [0.4, 0.5) is 5.69 Å². The highest BCUT2D eigenvalue weighted by atomic mass is 16.5. The van der Waals surface area contributed by atoms with E-state index < -0.39 is 0 Å². The number of para-hydroxylation sites is 2. The van der Waals surface area contributed by atoms with Crippen molar-refractivity contribution in [2.24, 2.45) is 0 Å². The largest absolute Gasteiger partial charge is 0.497 e. The van der Waals surface area contributed by atoms with Gasteiger partial charge in [0.15, 0.2) is 0 Å². The van der Waals surface area contributed by atoms with Crippen molar-refractivity contribution in [3.05, 3.63) is 54.1 Å². The van der Waals surface area contributed by atoms with Gasteiger partial charge in [-0.1, -0.05) is 24.3 Å². The first-order chi connectivity index (χ1) is 13.2. The minimum Gasteiger partial charge on any atom is -0.497 e. The van der Waals surface area contributed by atoms with E-state index in [0.29, 0.717) is 12.6 Å². The molecule has 0 aliphatic carbocycles. The van der Waals surface area contributed by atoms with Crippen LogP contribution in [0.25, 0.3) is 0 Å². The molecule has 4 nitrogen and oxygen atoms in total. The molecule has 1 fully saturated rings. The quantitative estimate of drug-likeness (QED) is 0.696. The Hall–Kier alpha value is -2.20. The van der Waals surface area contributed by atoms with Gasteiger partial charge in [0.2, 0.25) is 0 Å². The van der Waals surface area contributed by atoms with Gasteiger partial charge in [-0.15, -0.1) is 0 Å². The average molecular weight is 369 g/mol. The Morgan fingerprint density at radius 2 is 1.67 bits per heavy atom. The van der Waals surface area contributed by atoms with Crippen LogP contribution in [0.15, 0.2) is 48.5 Å². The van der Waals surface area contributed by atoms with E-state index in [0.717, 1.165) is 44.1 Å². The van der Waals surface area contributed by atoms with E-state index in [4.69, 9.17) is 9.47 Å². The fourth-order valence-corrected chi connectivity index (χ4v) is 3.75. The molecule has 0 spiro atoms. The average Bonchev–Trinajstić information content (AvgIpc) is 2.73. The second-order valence-electron chi connectivity index (χ2n) is 7.16. The predicted molar refractivity (Wildman–Crippen MR) is 112 cm³/mol. The summed E-state index contributed by atoms with van der Waals surface area (Å²) in [5, 5.41) is 0. The van der Waals surface area contributed by atoms with Gasteiger partial charge in [0, 0.05) is 32.2 Å². The van der Waals surface area contributed by atoms with E-state index in [1.165, 1.54) is 17.7 Å². The van der Waals surface area contributed by atoms with Crippen molar-refractivity contribution in [1.29, 1.82) is 0 Å². The summed E-state index contributed by atoms with van der Waals surface area (Å²) in [5.41, 5.74) is 2.61. The summed E-state index contributed by atoms with van der Waals surface area (Å²) in [4.78, 5) is 5.07. The molecule has 2 aromatic rings. The molecule has 27 heavy (non-hydrogen) atoms. The van der Waals surface area contributed by atoms with Gasteiger partial charge in [0.1, 0.15) is 11.5 Å². The Morgan fingerprint density at radius 3 is 2.33 bits per heavy atom. The summed E-state index contributed by atoms with van der Waals surface area (Å²) in [6.07, 6.45) is 2.29. The summed E-state index contributed by atoms with van der Waals surface area (Å²) >= 11 is 0. The van der Waals surface area contributed by atoms with Crippen molar-refractivity contribution in [2.45, 2.75) is 32.7 Å². The van der Waals surface area contributed by atoms with Crippen molar-refractivity contribution in [3.63, 3.8) is 0 Å². The second kappa shape index (κ2) is 9.65. The van der Waals surface area contributed by atoms with Crippen LogP contribution < -0.4 is 14.4 Å². The van der Waals surface area contributed by atoms with Crippen LogP contribution in [0, 0.1) is 0 Å². The molecule has 0 radical (unpaired) electrons. The molecule has 1 saturated heterocycles. The zero-order valence-electron chi connectivity index (χ0n) is 16.9. The van der Waals surface area contributed by atoms with Crippen LogP contribution >= 0.6 is 0 Å². The molecule has 4 heteroatoms. The highest BCUT2D eigenvalue weighted by Crippen LogP contribution is 2.29. The molecule has 0 amide bonds. The molecule has 0 bridgehead atoms. The summed E-state index contributed by atoms with van der Waals surface area (Å²) in [6.45, 7) is 9.41. The number of benzene rings is 2. The highest BCUT2D eigenvalue weighted by molar-refractivity contribution is 5.58. The maximum absolute atomic E-state index is 5.80. The van der Waals surface area contributed by atoms with Crippen molar-refractivity contribution in [1.82, 2.24) is 4.90 Å². The number of aryl methyl sites for hydroxylation is 1. The minimum absolute atomic E-state index is 0.594. The monoisotopic (exact) mass is 368 g/mol. The molecule has 146 valence electrons. The van der Waals surface area contributed by atoms with Crippen LogP contribution in [-0.4, -0.2) is 50.8 Å². The molecule has 1 heterocycles. The number of rotatable bonds is 8. The molecule has 0 aromatic heterocycles. The van der Waals surface area contributed by atoms with Crippen LogP contribution in [0.2, 0.25) is 0 Å². The molecule has 1 atom stereocenters. The smallest absolute Gasteiger partial charge is 0.142 e. The normalized spacial score (nSPS) is 16.2. The van der Waals surface area contributed by atoms with Crippen LogP contribution in [0.5, 0.6) is 11.5 Å². The molecule has 3 rings (SSSR count). The van der Waals surface area contributed by atoms with E-state index in [2.05, 4.69) is 59.2 Å². The van der Waals surface area contributed by atoms with Crippen molar-refractivity contribution >= 4 is 5.69 Å². The molecule has 1 aliphatic rings. The zero-order chi connectivity index (χ0) is 19.1. The zero-order valence-corrected chi connectivity index (χ0v) is 16.9. The third-order valence-electron chi connectivity index (χ3n) is 5.45. The number of methoxy groups -OCH3 is 1. The number of nitrogens with zero attached hydrogens (tertiary/aromatic N) is 2. The first-order valence-electron chi connectivity index (χ1n) is 10.0. The number of piperazine rings is 1. The van der Waals surface area contributed by atoms with Gasteiger partial charge in [0.05, 0.1) is 19.4 Å². The Bertz CT molecular complexity index is 694. The van der Waals surface area contributed by atoms with E-state index in [9.17, 15) is 0 Å². The van der Waals surface area contributed by atoms with E-state index >= 15 is 0 Å². The first-order valence-corrected chi connectivity index (χ1v) is 10.0. The Kier molecular flexibility index (Phi) is 6.99. The van der Waals surface area contributed by atoms with Crippen molar-refractivity contribution in [2.75, 3.05) is 44.8 Å². The number of hydrogen-bond acceptors (Lipinski definition) is 4. The molecule has 0 unspecified atom stereocenters. The fraction of sp³-hybridized carbons (Fsp3) is 0.478. The maximum atomic E-state index is 5.80. The third kappa shape index (κ3) is 5.16. The maximum Gasteiger partial charge on any atom is 0.142 e. The van der Waals surface area contributed by atoms with Gasteiger partial charge in [-0.25, -0.2) is 0 Å². The molecule has 2 aromatic carbocycles. The van der Waals surface area contributed by atoms with E-state index in [1.807, 2.05) is 13.0 Å². The Balaban J connectivity index is 1.49. The van der Waals surface area contributed by atoms with E-state index in [1.54, 1.807) is 7.11 Å². The summed E-state index contributed by atoms with van der Waals surface area (Å²) in [6, 6.07) is 17.4. The molecule has 0 N–H and O–H groups in total. The summed E-state index contributed by atoms with van der Waals surface area (Å²) in [7, 11) is 1.71. The number of hydrogen-bond donors (Lipinski definition) is 0. The first kappa shape index (κ1) is 19.6. The Labute approximate surface area is 163 Å². The van der Waals surface area contributed by atoms with Gasteiger partial charge < -0.3 is 14.4 Å². The number of anilines is 1.